The minimum Gasteiger partial charge on any atom is -0.423 e. The van der Waals surface area contributed by atoms with Crippen LogP contribution in [0.15, 0.2) is 97.1 Å². The Hall–Kier alpha value is -6.59. The third-order valence-electron chi connectivity index (χ3n) is 6.51. The van der Waals surface area contributed by atoms with E-state index in [1.807, 2.05) is 0 Å². The second-order valence-corrected chi connectivity index (χ2v) is 11.1. The minimum atomic E-state index is -5.18. The summed E-state index contributed by atoms with van der Waals surface area (Å²) in [6.45, 7) is 20.7. The van der Waals surface area contributed by atoms with E-state index in [1.165, 1.54) is 83.1 Å². The lowest BCUT2D eigenvalue weighted by Gasteiger charge is -2.21. The number of ether oxygens (including phenoxy) is 4. The van der Waals surface area contributed by atoms with Crippen molar-refractivity contribution in [1.29, 1.82) is 0 Å². The van der Waals surface area contributed by atoms with Crippen LogP contribution in [0.5, 0.6) is 23.0 Å². The SMILES string of the molecule is C=C(C)C(=O)Oc1ccc(C#Cc2c(OC(=O)C(=C)C)c(C)c(C#Cc3ccc(OC(=O)C(=C)C)cc3)c(C(F)(F)F)c2OC(=O)C(=C)C)cc1. The molecule has 0 aromatic heterocycles. The molecule has 8 nitrogen and oxygen atoms in total. The Kier molecular flexibility index (Phi) is 12.3. The second-order valence-electron chi connectivity index (χ2n) is 11.1. The van der Waals surface area contributed by atoms with Gasteiger partial charge in [-0.15, -0.1) is 0 Å². The number of benzene rings is 3. The molecule has 0 unspecified atom stereocenters. The van der Waals surface area contributed by atoms with Crippen molar-refractivity contribution in [3.05, 3.63) is 131 Å². The lowest BCUT2D eigenvalue weighted by atomic mass is 9.94. The van der Waals surface area contributed by atoms with Crippen LogP contribution in [0, 0.1) is 30.6 Å². The minimum absolute atomic E-state index is 0.0892. The van der Waals surface area contributed by atoms with Gasteiger partial charge >= 0.3 is 30.1 Å². The van der Waals surface area contributed by atoms with Gasteiger partial charge in [0.25, 0.3) is 0 Å². The fourth-order valence-corrected chi connectivity index (χ4v) is 3.83. The standard InChI is InChI=1S/C40H31F3O8/c1-22(2)36(44)48-29-16-10-27(11-17-29)14-20-31-26(9)34(50-38(46)24(5)6)32(35(33(31)40(41,42)43)51-39(47)25(7)8)21-15-28-12-18-30(19-13-28)49-37(45)23(3)4/h10-13,16-19H,1,3,5,7H2,2,4,6,8-9H3. The fraction of sp³-hybridized carbons (Fsp3) is 0.150. The highest BCUT2D eigenvalue weighted by Crippen LogP contribution is 2.46. The lowest BCUT2D eigenvalue weighted by Crippen LogP contribution is -2.20. The van der Waals surface area contributed by atoms with Crippen molar-refractivity contribution in [2.45, 2.75) is 40.8 Å². The lowest BCUT2D eigenvalue weighted by molar-refractivity contribution is -0.141. The van der Waals surface area contributed by atoms with Crippen LogP contribution >= 0.6 is 0 Å². The van der Waals surface area contributed by atoms with Crippen molar-refractivity contribution in [3.8, 4) is 46.7 Å². The van der Waals surface area contributed by atoms with Crippen molar-refractivity contribution in [2.75, 3.05) is 0 Å². The maximum Gasteiger partial charge on any atom is 0.421 e. The van der Waals surface area contributed by atoms with Gasteiger partial charge in [-0.1, -0.05) is 50.0 Å². The van der Waals surface area contributed by atoms with Crippen LogP contribution in [0.3, 0.4) is 0 Å². The molecule has 0 amide bonds. The van der Waals surface area contributed by atoms with E-state index in [1.54, 1.807) is 0 Å². The molecule has 0 N–H and O–H groups in total. The van der Waals surface area contributed by atoms with Gasteiger partial charge in [0.05, 0.1) is 0 Å². The van der Waals surface area contributed by atoms with Crippen LogP contribution in [0.1, 0.15) is 61.1 Å². The van der Waals surface area contributed by atoms with Crippen LogP contribution in [0.2, 0.25) is 0 Å². The van der Waals surface area contributed by atoms with Crippen molar-refractivity contribution < 1.29 is 51.3 Å². The van der Waals surface area contributed by atoms with Gasteiger partial charge < -0.3 is 18.9 Å². The molecule has 0 radical (unpaired) electrons. The number of rotatable bonds is 8. The molecule has 3 aromatic rings. The number of carbonyl (C=O) groups excluding carboxylic acids is 4. The number of esters is 4. The highest BCUT2D eigenvalue weighted by atomic mass is 19.4. The first kappa shape index (κ1) is 38.9. The molecule has 0 aliphatic carbocycles. The van der Waals surface area contributed by atoms with Gasteiger partial charge in [-0.3, -0.25) is 0 Å². The van der Waals surface area contributed by atoms with Crippen LogP contribution in [-0.4, -0.2) is 23.9 Å². The quantitative estimate of drug-likeness (QED) is 0.102. The molecular weight excluding hydrogens is 665 g/mol. The molecule has 0 fully saturated rings. The Balaban J connectivity index is 2.34. The van der Waals surface area contributed by atoms with E-state index < -0.39 is 58.2 Å². The Bertz CT molecular complexity index is 2110. The van der Waals surface area contributed by atoms with Gasteiger partial charge in [-0.05, 0) is 83.1 Å². The van der Waals surface area contributed by atoms with Gasteiger partial charge in [-0.2, -0.15) is 13.2 Å². The van der Waals surface area contributed by atoms with Crippen LogP contribution in [-0.2, 0) is 25.4 Å². The average molecular weight is 697 g/mol. The smallest absolute Gasteiger partial charge is 0.421 e. The van der Waals surface area contributed by atoms with E-state index in [4.69, 9.17) is 18.9 Å². The molecule has 51 heavy (non-hydrogen) atoms. The average Bonchev–Trinajstić information content (AvgIpc) is 3.05. The van der Waals surface area contributed by atoms with Gasteiger partial charge in [0.2, 0.25) is 0 Å². The van der Waals surface area contributed by atoms with Crippen LogP contribution in [0.4, 0.5) is 13.2 Å². The molecule has 11 heteroatoms. The number of alkyl halides is 3. The van der Waals surface area contributed by atoms with Crippen molar-refractivity contribution in [2.24, 2.45) is 0 Å². The first-order valence-corrected chi connectivity index (χ1v) is 14.8. The van der Waals surface area contributed by atoms with Crippen molar-refractivity contribution in [3.63, 3.8) is 0 Å². The first-order valence-electron chi connectivity index (χ1n) is 14.8. The zero-order valence-corrected chi connectivity index (χ0v) is 28.3. The monoisotopic (exact) mass is 696 g/mol. The number of hydrogen-bond acceptors (Lipinski definition) is 8. The predicted octanol–water partition coefficient (Wildman–Crippen LogP) is 7.74. The van der Waals surface area contributed by atoms with E-state index in [9.17, 15) is 19.2 Å². The third kappa shape index (κ3) is 10.2. The van der Waals surface area contributed by atoms with Crippen molar-refractivity contribution in [1.82, 2.24) is 0 Å². The molecule has 0 saturated carbocycles. The summed E-state index contributed by atoms with van der Waals surface area (Å²) in [4.78, 5) is 49.3. The number of hydrogen-bond donors (Lipinski definition) is 0. The molecule has 0 spiro atoms. The van der Waals surface area contributed by atoms with Gasteiger partial charge in [0.1, 0.15) is 22.6 Å². The summed E-state index contributed by atoms with van der Waals surface area (Å²) in [6.07, 6.45) is -5.18. The van der Waals surface area contributed by atoms with E-state index in [2.05, 4.69) is 50.0 Å². The van der Waals surface area contributed by atoms with E-state index >= 15 is 13.2 Å². The largest absolute Gasteiger partial charge is 0.423 e. The normalized spacial score (nSPS) is 10.3. The third-order valence-corrected chi connectivity index (χ3v) is 6.51. The Morgan fingerprint density at radius 3 is 1.22 bits per heavy atom. The summed E-state index contributed by atoms with van der Waals surface area (Å²) in [6, 6.07) is 11.2. The molecule has 0 heterocycles. The topological polar surface area (TPSA) is 105 Å². The molecule has 0 saturated heterocycles. The van der Waals surface area contributed by atoms with Crippen LogP contribution in [0.25, 0.3) is 0 Å². The summed E-state index contributed by atoms with van der Waals surface area (Å²) < 4.78 is 66.1. The molecule has 0 bridgehead atoms. The number of carbonyl (C=O) groups is 4. The van der Waals surface area contributed by atoms with Crippen LogP contribution < -0.4 is 18.9 Å². The predicted molar refractivity (Wildman–Crippen MR) is 183 cm³/mol. The maximum absolute atomic E-state index is 15.0. The summed E-state index contributed by atoms with van der Waals surface area (Å²) in [5, 5.41) is 0. The zero-order chi connectivity index (χ0) is 38.2. The second kappa shape index (κ2) is 16.2. The molecule has 0 aliphatic rings. The molecule has 0 atom stereocenters. The van der Waals surface area contributed by atoms with Gasteiger partial charge in [0.15, 0.2) is 11.5 Å². The molecule has 0 aliphatic heterocycles. The highest BCUT2D eigenvalue weighted by molar-refractivity contribution is 5.92. The summed E-state index contributed by atoms with van der Waals surface area (Å²) in [7, 11) is 0. The van der Waals surface area contributed by atoms with E-state index in [0.717, 1.165) is 0 Å². The maximum atomic E-state index is 15.0. The Labute approximate surface area is 292 Å². The summed E-state index contributed by atoms with van der Waals surface area (Å²) in [5.74, 6) is 5.57. The van der Waals surface area contributed by atoms with E-state index in [-0.39, 0.29) is 50.5 Å². The Morgan fingerprint density at radius 1 is 0.529 bits per heavy atom. The zero-order valence-electron chi connectivity index (χ0n) is 28.3. The Morgan fingerprint density at radius 2 is 0.863 bits per heavy atom. The molecular formula is C40H31F3O8. The molecule has 3 aromatic carbocycles. The highest BCUT2D eigenvalue weighted by Gasteiger charge is 2.42. The summed E-state index contributed by atoms with van der Waals surface area (Å²) >= 11 is 0. The molecule has 3 rings (SSSR count). The van der Waals surface area contributed by atoms with E-state index in [0.29, 0.717) is 0 Å². The van der Waals surface area contributed by atoms with Crippen molar-refractivity contribution >= 4 is 23.9 Å². The number of halogens is 3. The molecule has 260 valence electrons. The fourth-order valence-electron chi connectivity index (χ4n) is 3.83. The first-order chi connectivity index (χ1) is 23.8. The summed E-state index contributed by atoms with van der Waals surface area (Å²) in [5.41, 5.74) is -2.51. The van der Waals surface area contributed by atoms with Gasteiger partial charge in [-0.25, -0.2) is 19.2 Å². The van der Waals surface area contributed by atoms with Gasteiger partial charge in [0, 0.05) is 44.5 Å².